The maximum absolute atomic E-state index is 13.2. The standard InChI is InChI=1S/C31H40N2O5S/c1-3-4-21-5-7-22(8-6-21)23-9-11-24(12-10-23)25-13-14-27-19-33(20-28(27)17-25)39(36,37)32-29-16-15-26(31(34)35)18-30(29)38-2/h11,13-18,21-23,32H,3-10,12,19-20H2,1-2H3,(H,34,35). The van der Waals surface area contributed by atoms with E-state index in [1.165, 1.54) is 85.7 Å². The minimum atomic E-state index is -3.87. The van der Waals surface area contributed by atoms with Crippen molar-refractivity contribution in [3.8, 4) is 5.75 Å². The van der Waals surface area contributed by atoms with Crippen LogP contribution in [0.1, 0.15) is 91.8 Å². The monoisotopic (exact) mass is 552 g/mol. The van der Waals surface area contributed by atoms with Crippen LogP contribution in [0.5, 0.6) is 5.75 Å². The second-order valence-electron chi connectivity index (χ2n) is 11.4. The molecule has 0 amide bonds. The largest absolute Gasteiger partial charge is 0.495 e. The maximum Gasteiger partial charge on any atom is 0.335 e. The van der Waals surface area contributed by atoms with Crippen molar-refractivity contribution in [2.24, 2.45) is 17.8 Å². The first-order valence-electron chi connectivity index (χ1n) is 14.3. The van der Waals surface area contributed by atoms with Crippen LogP contribution in [-0.2, 0) is 23.3 Å². The van der Waals surface area contributed by atoms with Gasteiger partial charge < -0.3 is 9.84 Å². The van der Waals surface area contributed by atoms with E-state index in [4.69, 9.17) is 4.74 Å². The van der Waals surface area contributed by atoms with Crippen molar-refractivity contribution in [3.05, 3.63) is 64.7 Å². The molecule has 2 aromatic carbocycles. The number of aromatic carboxylic acids is 1. The number of nitrogens with one attached hydrogen (secondary N) is 1. The molecule has 0 saturated heterocycles. The quantitative estimate of drug-likeness (QED) is 0.354. The summed E-state index contributed by atoms with van der Waals surface area (Å²) in [4.78, 5) is 11.3. The number of methoxy groups -OCH3 is 1. The average Bonchev–Trinajstić information content (AvgIpc) is 3.38. The number of benzene rings is 2. The molecular formula is C31H40N2O5S. The van der Waals surface area contributed by atoms with Crippen molar-refractivity contribution in [1.82, 2.24) is 4.31 Å². The first-order chi connectivity index (χ1) is 18.8. The highest BCUT2D eigenvalue weighted by Crippen LogP contribution is 2.42. The molecule has 0 radical (unpaired) electrons. The lowest BCUT2D eigenvalue weighted by Crippen LogP contribution is -2.31. The summed E-state index contributed by atoms with van der Waals surface area (Å²) in [7, 11) is -2.49. The minimum Gasteiger partial charge on any atom is -0.495 e. The zero-order valence-corrected chi connectivity index (χ0v) is 23.8. The molecule has 0 aromatic heterocycles. The van der Waals surface area contributed by atoms with Crippen molar-refractivity contribution in [2.75, 3.05) is 11.8 Å². The third-order valence-corrected chi connectivity index (χ3v) is 10.4. The van der Waals surface area contributed by atoms with Gasteiger partial charge in [-0.3, -0.25) is 4.72 Å². The van der Waals surface area contributed by atoms with Gasteiger partial charge in [-0.15, -0.1) is 0 Å². The normalized spacial score (nSPS) is 23.6. The maximum atomic E-state index is 13.2. The molecule has 1 heterocycles. The molecule has 2 aromatic rings. The van der Waals surface area contributed by atoms with Crippen LogP contribution in [0.4, 0.5) is 5.69 Å². The van der Waals surface area contributed by atoms with E-state index in [9.17, 15) is 18.3 Å². The molecule has 2 aliphatic carbocycles. The number of carboxylic acids is 1. The predicted molar refractivity (Wildman–Crippen MR) is 154 cm³/mol. The van der Waals surface area contributed by atoms with Crippen molar-refractivity contribution in [2.45, 2.75) is 77.8 Å². The van der Waals surface area contributed by atoms with Gasteiger partial charge in [0.1, 0.15) is 5.75 Å². The van der Waals surface area contributed by atoms with Gasteiger partial charge in [0.25, 0.3) is 0 Å². The van der Waals surface area contributed by atoms with Crippen LogP contribution in [0.2, 0.25) is 0 Å². The number of ether oxygens (including phenoxy) is 1. The van der Waals surface area contributed by atoms with E-state index < -0.39 is 16.2 Å². The number of carboxylic acid groups (broad SMARTS) is 1. The molecule has 8 heteroatoms. The van der Waals surface area contributed by atoms with Crippen LogP contribution in [0.3, 0.4) is 0 Å². The predicted octanol–water partition coefficient (Wildman–Crippen LogP) is 6.86. The van der Waals surface area contributed by atoms with E-state index in [0.29, 0.717) is 13.1 Å². The molecule has 1 saturated carbocycles. The van der Waals surface area contributed by atoms with Gasteiger partial charge in [0.15, 0.2) is 0 Å². The van der Waals surface area contributed by atoms with E-state index >= 15 is 0 Å². The highest BCUT2D eigenvalue weighted by molar-refractivity contribution is 7.90. The molecule has 1 aliphatic heterocycles. The SMILES string of the molecule is CCCC1CCC(C2CC=C(c3ccc4c(c3)CN(S(=O)(=O)Nc3ccc(C(=O)O)cc3OC)C4)CC2)CC1. The third kappa shape index (κ3) is 6.17. The molecule has 39 heavy (non-hydrogen) atoms. The van der Waals surface area contributed by atoms with Gasteiger partial charge in [0, 0.05) is 13.1 Å². The van der Waals surface area contributed by atoms with E-state index in [1.807, 2.05) is 0 Å². The van der Waals surface area contributed by atoms with E-state index in [2.05, 4.69) is 35.9 Å². The second-order valence-corrected chi connectivity index (χ2v) is 13.1. The van der Waals surface area contributed by atoms with Gasteiger partial charge in [0.2, 0.25) is 0 Å². The molecule has 2 N–H and O–H groups in total. The lowest BCUT2D eigenvalue weighted by Gasteiger charge is -2.35. The van der Waals surface area contributed by atoms with Crippen LogP contribution in [-0.4, -0.2) is 30.9 Å². The summed E-state index contributed by atoms with van der Waals surface area (Å²) in [6.07, 6.45) is 14.2. The Labute approximate surface area is 232 Å². The van der Waals surface area contributed by atoms with Crippen LogP contribution in [0, 0.1) is 17.8 Å². The third-order valence-electron chi connectivity index (χ3n) is 9.00. The first kappa shape index (κ1) is 27.7. The van der Waals surface area contributed by atoms with Crippen LogP contribution in [0.25, 0.3) is 5.57 Å². The Hall–Kier alpha value is -2.84. The molecule has 5 rings (SSSR count). The number of anilines is 1. The Balaban J connectivity index is 1.22. The average molecular weight is 553 g/mol. The van der Waals surface area contributed by atoms with E-state index in [1.54, 1.807) is 0 Å². The highest BCUT2D eigenvalue weighted by atomic mass is 32.2. The Kier molecular flexibility index (Phi) is 8.33. The van der Waals surface area contributed by atoms with Gasteiger partial charge in [-0.05, 0) is 96.4 Å². The fourth-order valence-electron chi connectivity index (χ4n) is 6.75. The smallest absolute Gasteiger partial charge is 0.335 e. The lowest BCUT2D eigenvalue weighted by atomic mass is 9.70. The minimum absolute atomic E-state index is 0.0265. The molecule has 0 bridgehead atoms. The van der Waals surface area contributed by atoms with Crippen molar-refractivity contribution in [1.29, 1.82) is 0 Å². The Morgan fingerprint density at radius 3 is 2.46 bits per heavy atom. The molecule has 3 aliphatic rings. The fraction of sp³-hybridized carbons (Fsp3) is 0.516. The van der Waals surface area contributed by atoms with Crippen LogP contribution < -0.4 is 9.46 Å². The molecule has 1 atom stereocenters. The van der Waals surface area contributed by atoms with E-state index in [0.717, 1.165) is 41.7 Å². The summed E-state index contributed by atoms with van der Waals surface area (Å²) in [5.74, 6) is 1.69. The first-order valence-corrected chi connectivity index (χ1v) is 15.7. The number of fused-ring (bicyclic) bond motifs is 1. The van der Waals surface area contributed by atoms with Crippen LogP contribution >= 0.6 is 0 Å². The lowest BCUT2D eigenvalue weighted by molar-refractivity contribution is 0.0696. The molecule has 210 valence electrons. The Bertz CT molecular complexity index is 1340. The zero-order chi connectivity index (χ0) is 27.6. The highest BCUT2D eigenvalue weighted by Gasteiger charge is 2.32. The molecule has 0 spiro atoms. The number of hydrogen-bond donors (Lipinski definition) is 2. The summed E-state index contributed by atoms with van der Waals surface area (Å²) in [5, 5.41) is 9.21. The number of nitrogens with zero attached hydrogens (tertiary/aromatic N) is 1. The second kappa shape index (κ2) is 11.7. The van der Waals surface area contributed by atoms with Crippen LogP contribution in [0.15, 0.2) is 42.5 Å². The zero-order valence-electron chi connectivity index (χ0n) is 23.0. The molecule has 1 fully saturated rings. The summed E-state index contributed by atoms with van der Waals surface area (Å²) < 4.78 is 35.7. The van der Waals surface area contributed by atoms with E-state index in [-0.39, 0.29) is 17.0 Å². The van der Waals surface area contributed by atoms with Crippen molar-refractivity contribution >= 4 is 27.4 Å². The Morgan fingerprint density at radius 1 is 1.03 bits per heavy atom. The topological polar surface area (TPSA) is 95.9 Å². The van der Waals surface area contributed by atoms with Gasteiger partial charge in [0.05, 0.1) is 18.4 Å². The Morgan fingerprint density at radius 2 is 1.79 bits per heavy atom. The molecule has 7 nitrogen and oxygen atoms in total. The number of rotatable bonds is 9. The van der Waals surface area contributed by atoms with Gasteiger partial charge in [-0.2, -0.15) is 12.7 Å². The summed E-state index contributed by atoms with van der Waals surface area (Å²) in [6.45, 7) is 2.89. The molecular weight excluding hydrogens is 512 g/mol. The fourth-order valence-corrected chi connectivity index (χ4v) is 7.94. The number of hydrogen-bond acceptors (Lipinski definition) is 4. The number of allylic oxidation sites excluding steroid dienone is 2. The molecule has 1 unspecified atom stereocenters. The van der Waals surface area contributed by atoms with Crippen molar-refractivity contribution in [3.63, 3.8) is 0 Å². The van der Waals surface area contributed by atoms with Gasteiger partial charge >= 0.3 is 16.2 Å². The summed E-state index contributed by atoms with van der Waals surface area (Å²) >= 11 is 0. The van der Waals surface area contributed by atoms with Gasteiger partial charge in [-0.25, -0.2) is 4.79 Å². The number of carbonyl (C=O) groups is 1. The summed E-state index contributed by atoms with van der Waals surface area (Å²) in [5.41, 5.74) is 4.87. The van der Waals surface area contributed by atoms with Gasteiger partial charge in [-0.1, -0.05) is 50.8 Å². The van der Waals surface area contributed by atoms with Crippen molar-refractivity contribution < 1.29 is 23.1 Å². The summed E-state index contributed by atoms with van der Waals surface area (Å²) in [6, 6.07) is 10.4.